The number of rotatable bonds is 6. The second kappa shape index (κ2) is 9.19. The van der Waals surface area contributed by atoms with E-state index in [9.17, 15) is 9.59 Å². The number of anilines is 2. The molecule has 0 unspecified atom stereocenters. The molecule has 0 heterocycles. The van der Waals surface area contributed by atoms with Crippen molar-refractivity contribution in [1.82, 2.24) is 10.9 Å². The van der Waals surface area contributed by atoms with Crippen LogP contribution in [0.2, 0.25) is 0 Å². The molecule has 0 atom stereocenters. The number of hydrogen-bond donors (Lipinski definition) is 5. The predicted octanol–water partition coefficient (Wildman–Crippen LogP) is 2.52. The van der Waals surface area contributed by atoms with Crippen LogP contribution in [0, 0.1) is 0 Å². The number of nitrogens with zero attached hydrogens (tertiary/aromatic N) is 1. The van der Waals surface area contributed by atoms with Crippen molar-refractivity contribution in [2.45, 2.75) is 6.92 Å². The van der Waals surface area contributed by atoms with Gasteiger partial charge in [-0.1, -0.05) is 6.92 Å². The van der Waals surface area contributed by atoms with Crippen LogP contribution in [0.25, 0.3) is 0 Å². The molecule has 0 aromatic heterocycles. The lowest BCUT2D eigenvalue weighted by Gasteiger charge is -2.11. The Kier molecular flexibility index (Phi) is 6.69. The molecular weight excluding hydrogens is 334 g/mol. The number of amidine groups is 1. The number of aliphatic imine (C=N–C) groups is 1. The average molecular weight is 355 g/mol. The number of carboxylic acids is 1. The van der Waals surface area contributed by atoms with Crippen molar-refractivity contribution in [1.29, 1.82) is 0 Å². The van der Waals surface area contributed by atoms with Crippen molar-refractivity contribution in [2.75, 3.05) is 24.2 Å². The minimum Gasteiger partial charge on any atom is -0.478 e. The van der Waals surface area contributed by atoms with Crippen LogP contribution in [0.15, 0.2) is 53.5 Å². The first kappa shape index (κ1) is 18.9. The summed E-state index contributed by atoms with van der Waals surface area (Å²) in [5, 5.41) is 14.2. The maximum absolute atomic E-state index is 12.0. The first-order chi connectivity index (χ1) is 12.5. The van der Waals surface area contributed by atoms with Crippen LogP contribution < -0.4 is 21.5 Å². The molecular formula is C18H21N5O3. The van der Waals surface area contributed by atoms with Gasteiger partial charge in [-0.15, -0.1) is 0 Å². The van der Waals surface area contributed by atoms with Gasteiger partial charge in [-0.05, 0) is 48.5 Å². The second-order valence-corrected chi connectivity index (χ2v) is 5.27. The Balaban J connectivity index is 1.95. The molecule has 0 aliphatic carbocycles. The average Bonchev–Trinajstić information content (AvgIpc) is 2.64. The summed E-state index contributed by atoms with van der Waals surface area (Å²) in [7, 11) is 1.69. The lowest BCUT2D eigenvalue weighted by molar-refractivity contribution is 0.0697. The van der Waals surface area contributed by atoms with E-state index in [1.165, 1.54) is 24.3 Å². The van der Waals surface area contributed by atoms with Gasteiger partial charge in [0.05, 0.1) is 5.56 Å². The summed E-state index contributed by atoms with van der Waals surface area (Å²) in [6.45, 7) is 2.73. The van der Waals surface area contributed by atoms with Crippen molar-refractivity contribution < 1.29 is 14.7 Å². The van der Waals surface area contributed by atoms with Crippen LogP contribution in [0.4, 0.5) is 16.2 Å². The zero-order chi connectivity index (χ0) is 18.9. The molecule has 0 bridgehead atoms. The number of urea groups is 1. The normalized spacial score (nSPS) is 10.9. The Labute approximate surface area is 151 Å². The highest BCUT2D eigenvalue weighted by molar-refractivity contribution is 6.01. The molecule has 2 aromatic rings. The van der Waals surface area contributed by atoms with Gasteiger partial charge < -0.3 is 21.2 Å². The van der Waals surface area contributed by atoms with Crippen LogP contribution in [0.5, 0.6) is 0 Å². The van der Waals surface area contributed by atoms with Crippen molar-refractivity contribution >= 4 is 29.2 Å². The van der Waals surface area contributed by atoms with Crippen molar-refractivity contribution in [3.63, 3.8) is 0 Å². The van der Waals surface area contributed by atoms with Gasteiger partial charge in [0.1, 0.15) is 5.84 Å². The molecule has 2 rings (SSSR count). The molecule has 8 heteroatoms. The van der Waals surface area contributed by atoms with E-state index < -0.39 is 12.0 Å². The summed E-state index contributed by atoms with van der Waals surface area (Å²) in [5.74, 6) is -0.318. The van der Waals surface area contributed by atoms with E-state index in [-0.39, 0.29) is 5.56 Å². The zero-order valence-electron chi connectivity index (χ0n) is 14.5. The number of benzene rings is 2. The maximum Gasteiger partial charge on any atom is 0.335 e. The van der Waals surface area contributed by atoms with Gasteiger partial charge in [-0.25, -0.2) is 15.0 Å². The number of carbonyl (C=O) groups excluding carboxylic acids is 1. The highest BCUT2D eigenvalue weighted by Gasteiger charge is 2.06. The second-order valence-electron chi connectivity index (χ2n) is 5.27. The Bertz CT molecular complexity index is 785. The summed E-state index contributed by atoms with van der Waals surface area (Å²) in [4.78, 5) is 27.0. The standard InChI is InChI=1S/C18H21N5O3/c1-3-20-23-16(19-2)12-4-8-14(9-5-12)21-18(26)22-15-10-6-13(7-11-15)17(24)25/h4-11,20H,3H2,1-2H3,(H,19,23)(H,24,25)(H2,21,22,26). The molecule has 5 N–H and O–H groups in total. The fraction of sp³-hybridized carbons (Fsp3) is 0.167. The van der Waals surface area contributed by atoms with Crippen molar-refractivity contribution in [3.05, 3.63) is 59.7 Å². The summed E-state index contributed by atoms with van der Waals surface area (Å²) in [5.41, 5.74) is 8.14. The number of amides is 2. The molecule has 0 aliphatic rings. The summed E-state index contributed by atoms with van der Waals surface area (Å²) in [6, 6.07) is 12.7. The Hall–Kier alpha value is -3.39. The van der Waals surface area contributed by atoms with Gasteiger partial charge in [0.2, 0.25) is 0 Å². The fourth-order valence-corrected chi connectivity index (χ4v) is 2.13. The Morgan fingerprint density at radius 3 is 1.85 bits per heavy atom. The fourth-order valence-electron chi connectivity index (χ4n) is 2.13. The van der Waals surface area contributed by atoms with Crippen LogP contribution in [-0.4, -0.2) is 36.5 Å². The highest BCUT2D eigenvalue weighted by atomic mass is 16.4. The maximum atomic E-state index is 12.0. The van der Waals surface area contributed by atoms with E-state index in [4.69, 9.17) is 5.11 Å². The smallest absolute Gasteiger partial charge is 0.335 e. The quantitative estimate of drug-likeness (QED) is 0.310. The molecule has 2 amide bonds. The van der Waals surface area contributed by atoms with Crippen molar-refractivity contribution in [2.24, 2.45) is 4.99 Å². The monoisotopic (exact) mass is 355 g/mol. The van der Waals surface area contributed by atoms with E-state index in [2.05, 4.69) is 26.5 Å². The first-order valence-electron chi connectivity index (χ1n) is 8.01. The number of hydrogen-bond acceptors (Lipinski definition) is 4. The highest BCUT2D eigenvalue weighted by Crippen LogP contribution is 2.13. The van der Waals surface area contributed by atoms with Crippen LogP contribution in [0.3, 0.4) is 0 Å². The lowest BCUT2D eigenvalue weighted by atomic mass is 10.2. The molecule has 136 valence electrons. The Morgan fingerprint density at radius 2 is 1.42 bits per heavy atom. The van der Waals surface area contributed by atoms with Crippen LogP contribution in [-0.2, 0) is 0 Å². The minimum atomic E-state index is -1.01. The molecule has 8 nitrogen and oxygen atoms in total. The number of carbonyl (C=O) groups is 2. The summed E-state index contributed by atoms with van der Waals surface area (Å²) < 4.78 is 0. The minimum absolute atomic E-state index is 0.158. The van der Waals surface area contributed by atoms with E-state index in [0.29, 0.717) is 17.2 Å². The Morgan fingerprint density at radius 1 is 0.923 bits per heavy atom. The molecule has 0 radical (unpaired) electrons. The zero-order valence-corrected chi connectivity index (χ0v) is 14.5. The topological polar surface area (TPSA) is 115 Å². The number of hydrazine groups is 1. The van der Waals surface area contributed by atoms with Gasteiger partial charge >= 0.3 is 12.0 Å². The molecule has 0 saturated carbocycles. The summed E-state index contributed by atoms with van der Waals surface area (Å²) >= 11 is 0. The molecule has 0 aliphatic heterocycles. The predicted molar refractivity (Wildman–Crippen MR) is 102 cm³/mol. The lowest BCUT2D eigenvalue weighted by Crippen LogP contribution is -2.37. The first-order valence-corrected chi connectivity index (χ1v) is 8.01. The third-order valence-corrected chi connectivity index (χ3v) is 3.41. The SMILES string of the molecule is CCNNC(=NC)c1ccc(NC(=O)Nc2ccc(C(=O)O)cc2)cc1. The van der Waals surface area contributed by atoms with Crippen molar-refractivity contribution in [3.8, 4) is 0 Å². The molecule has 0 fully saturated rings. The number of nitrogens with one attached hydrogen (secondary N) is 4. The van der Waals surface area contributed by atoms with E-state index in [0.717, 1.165) is 12.1 Å². The van der Waals surface area contributed by atoms with E-state index in [1.807, 2.05) is 19.1 Å². The molecule has 26 heavy (non-hydrogen) atoms. The molecule has 0 spiro atoms. The molecule has 2 aromatic carbocycles. The number of aromatic carboxylic acids is 1. The van der Waals surface area contributed by atoms with Crippen LogP contribution in [0.1, 0.15) is 22.8 Å². The van der Waals surface area contributed by atoms with E-state index in [1.54, 1.807) is 19.2 Å². The number of carboxylic acid groups (broad SMARTS) is 1. The summed E-state index contributed by atoms with van der Waals surface area (Å²) in [6.07, 6.45) is 0. The van der Waals surface area contributed by atoms with Gasteiger partial charge in [-0.2, -0.15) is 0 Å². The van der Waals surface area contributed by atoms with Gasteiger partial charge in [0.15, 0.2) is 0 Å². The van der Waals surface area contributed by atoms with Gasteiger partial charge in [0, 0.05) is 30.5 Å². The largest absolute Gasteiger partial charge is 0.478 e. The van der Waals surface area contributed by atoms with Crippen LogP contribution >= 0.6 is 0 Å². The van der Waals surface area contributed by atoms with Gasteiger partial charge in [-0.3, -0.25) is 4.99 Å². The molecule has 0 saturated heterocycles. The van der Waals surface area contributed by atoms with E-state index >= 15 is 0 Å². The third-order valence-electron chi connectivity index (χ3n) is 3.41. The third kappa shape index (κ3) is 5.32. The van der Waals surface area contributed by atoms with Gasteiger partial charge in [0.25, 0.3) is 0 Å².